The van der Waals surface area contributed by atoms with Gasteiger partial charge in [-0.1, -0.05) is 12.1 Å². The van der Waals surface area contributed by atoms with Crippen molar-refractivity contribution < 1.29 is 18.3 Å². The van der Waals surface area contributed by atoms with E-state index in [0.29, 0.717) is 10.2 Å². The highest BCUT2D eigenvalue weighted by Crippen LogP contribution is 2.49. The molecule has 2 aromatic heterocycles. The number of para-hydroxylation sites is 1. The van der Waals surface area contributed by atoms with Gasteiger partial charge in [0.05, 0.1) is 40.5 Å². The Labute approximate surface area is 150 Å². The molecule has 6 nitrogen and oxygen atoms in total. The van der Waals surface area contributed by atoms with E-state index in [-0.39, 0.29) is 24.5 Å². The summed E-state index contributed by atoms with van der Waals surface area (Å²) in [4.78, 5) is 3.98. The monoisotopic (exact) mass is 381 g/mol. The van der Waals surface area contributed by atoms with E-state index in [1.165, 1.54) is 6.92 Å². The molecule has 0 bridgehead atoms. The summed E-state index contributed by atoms with van der Waals surface area (Å²) in [5.74, 6) is -0.336. The molecule has 2 heterocycles. The van der Waals surface area contributed by atoms with Gasteiger partial charge in [0.15, 0.2) is 0 Å². The molecule has 3 rings (SSSR count). The summed E-state index contributed by atoms with van der Waals surface area (Å²) in [7, 11) is 0. The number of nitrogens with zero attached hydrogens (tertiary/aromatic N) is 4. The smallest absolute Gasteiger partial charge is 0.384 e. The Kier molecular flexibility index (Phi) is 4.37. The van der Waals surface area contributed by atoms with Crippen LogP contribution in [0.4, 0.5) is 19.0 Å². The first-order chi connectivity index (χ1) is 12.2. The van der Waals surface area contributed by atoms with Gasteiger partial charge in [-0.2, -0.15) is 23.5 Å². The quantitative estimate of drug-likeness (QED) is 0.723. The first-order valence-corrected chi connectivity index (χ1v) is 8.37. The number of nitrogens with two attached hydrogens (primary N) is 1. The zero-order chi connectivity index (χ0) is 19.1. The van der Waals surface area contributed by atoms with Crippen molar-refractivity contribution in [3.05, 3.63) is 40.5 Å². The van der Waals surface area contributed by atoms with Crippen molar-refractivity contribution >= 4 is 27.4 Å². The van der Waals surface area contributed by atoms with Gasteiger partial charge in [-0.3, -0.25) is 0 Å². The van der Waals surface area contributed by atoms with Crippen LogP contribution >= 0.6 is 11.3 Å². The largest absolute Gasteiger partial charge is 0.428 e. The van der Waals surface area contributed by atoms with Crippen LogP contribution in [0.3, 0.4) is 0 Å². The van der Waals surface area contributed by atoms with Crippen LogP contribution in [0, 0.1) is 18.3 Å². The number of aliphatic hydroxyl groups is 1. The van der Waals surface area contributed by atoms with Gasteiger partial charge in [-0.25, -0.2) is 9.67 Å². The summed E-state index contributed by atoms with van der Waals surface area (Å²) in [6.45, 7) is 1.36. The van der Waals surface area contributed by atoms with Crippen LogP contribution < -0.4 is 5.73 Å². The fraction of sp³-hybridized carbons (Fsp3) is 0.312. The maximum absolute atomic E-state index is 14.0. The number of hydrogen-bond donors (Lipinski definition) is 2. The number of alkyl halides is 3. The van der Waals surface area contributed by atoms with E-state index in [2.05, 4.69) is 10.1 Å². The van der Waals surface area contributed by atoms with Crippen LogP contribution in [-0.2, 0) is 12.1 Å². The molecule has 3 aromatic rings. The third-order valence-electron chi connectivity index (χ3n) is 3.98. The summed E-state index contributed by atoms with van der Waals surface area (Å²) in [6.07, 6.45) is -5.04. The lowest BCUT2D eigenvalue weighted by Crippen LogP contribution is -2.44. The van der Waals surface area contributed by atoms with E-state index in [4.69, 9.17) is 11.0 Å². The van der Waals surface area contributed by atoms with Crippen molar-refractivity contribution in [3.8, 4) is 6.07 Å². The van der Waals surface area contributed by atoms with Crippen LogP contribution in [0.5, 0.6) is 0 Å². The SMILES string of the molecule is Cc1nn(CCC#N)c(N)c1C(O)(c1nc2ccccc2s1)C(F)(F)F. The average Bonchev–Trinajstić information content (AvgIpc) is 3.12. The molecule has 10 heteroatoms. The van der Waals surface area contributed by atoms with E-state index in [1.807, 2.05) is 6.07 Å². The van der Waals surface area contributed by atoms with Gasteiger partial charge >= 0.3 is 6.18 Å². The first-order valence-electron chi connectivity index (χ1n) is 7.55. The van der Waals surface area contributed by atoms with Crippen LogP contribution in [0.15, 0.2) is 24.3 Å². The third kappa shape index (κ3) is 2.69. The Bertz CT molecular complexity index is 971. The minimum atomic E-state index is -5.07. The summed E-state index contributed by atoms with van der Waals surface area (Å²) >= 11 is 0.744. The summed E-state index contributed by atoms with van der Waals surface area (Å²) < 4.78 is 43.6. The lowest BCUT2D eigenvalue weighted by atomic mass is 9.93. The summed E-state index contributed by atoms with van der Waals surface area (Å²) in [6, 6.07) is 8.40. The molecule has 0 aliphatic rings. The number of nitriles is 1. The molecule has 0 amide bonds. The number of hydrogen-bond acceptors (Lipinski definition) is 6. The second-order valence-electron chi connectivity index (χ2n) is 5.67. The van der Waals surface area contributed by atoms with Crippen LogP contribution in [0.2, 0.25) is 0 Å². The number of aryl methyl sites for hydroxylation is 2. The Morgan fingerprint density at radius 3 is 2.65 bits per heavy atom. The zero-order valence-corrected chi connectivity index (χ0v) is 14.4. The predicted octanol–water partition coefficient (Wildman–Crippen LogP) is 3.10. The van der Waals surface area contributed by atoms with Gasteiger partial charge in [-0.15, -0.1) is 11.3 Å². The number of benzene rings is 1. The van der Waals surface area contributed by atoms with E-state index >= 15 is 0 Å². The minimum Gasteiger partial charge on any atom is -0.384 e. The highest BCUT2D eigenvalue weighted by Gasteiger charge is 2.61. The maximum Gasteiger partial charge on any atom is 0.428 e. The normalized spacial score (nSPS) is 14.3. The Morgan fingerprint density at radius 2 is 2.04 bits per heavy atom. The van der Waals surface area contributed by atoms with Gasteiger partial charge in [0, 0.05) is 0 Å². The van der Waals surface area contributed by atoms with Gasteiger partial charge < -0.3 is 10.8 Å². The predicted molar refractivity (Wildman–Crippen MR) is 90.3 cm³/mol. The number of halogens is 3. The van der Waals surface area contributed by atoms with E-state index in [9.17, 15) is 18.3 Å². The number of thiazole rings is 1. The standard InChI is InChI=1S/C16H14F3N5OS/c1-9-12(13(21)24(23-9)8-4-7-20)15(25,16(17,18)19)14-22-10-5-2-3-6-11(10)26-14/h2-3,5-6,25H,4,8,21H2,1H3. The fourth-order valence-corrected chi connectivity index (χ4v) is 3.85. The van der Waals surface area contributed by atoms with E-state index < -0.39 is 22.3 Å². The topological polar surface area (TPSA) is 101 Å². The molecule has 0 saturated carbocycles. The van der Waals surface area contributed by atoms with Crippen LogP contribution in [0.1, 0.15) is 22.7 Å². The first kappa shape index (κ1) is 18.2. The Hall–Kier alpha value is -2.64. The second-order valence-corrected chi connectivity index (χ2v) is 6.70. The Morgan fingerprint density at radius 1 is 1.35 bits per heavy atom. The van der Waals surface area contributed by atoms with Gasteiger partial charge in [0.2, 0.25) is 5.60 Å². The fourth-order valence-electron chi connectivity index (χ4n) is 2.77. The van der Waals surface area contributed by atoms with Gasteiger partial charge in [-0.05, 0) is 19.1 Å². The number of nitrogen functional groups attached to an aromatic ring is 1. The van der Waals surface area contributed by atoms with Crippen LogP contribution in [-0.4, -0.2) is 26.0 Å². The number of rotatable bonds is 4. The molecule has 26 heavy (non-hydrogen) atoms. The molecule has 0 aliphatic heterocycles. The van der Waals surface area contributed by atoms with E-state index in [1.54, 1.807) is 24.3 Å². The lowest BCUT2D eigenvalue weighted by molar-refractivity contribution is -0.248. The lowest BCUT2D eigenvalue weighted by Gasteiger charge is -2.28. The average molecular weight is 381 g/mol. The summed E-state index contributed by atoms with van der Waals surface area (Å²) in [5, 5.41) is 22.9. The van der Waals surface area contributed by atoms with Crippen LogP contribution in [0.25, 0.3) is 10.2 Å². The van der Waals surface area contributed by atoms with Crippen molar-refractivity contribution in [1.82, 2.24) is 14.8 Å². The zero-order valence-electron chi connectivity index (χ0n) is 13.6. The third-order valence-corrected chi connectivity index (χ3v) is 5.12. The molecule has 0 radical (unpaired) electrons. The molecule has 1 unspecified atom stereocenters. The van der Waals surface area contributed by atoms with Gasteiger partial charge in [0.25, 0.3) is 0 Å². The van der Waals surface area contributed by atoms with Crippen molar-refractivity contribution in [3.63, 3.8) is 0 Å². The molecule has 0 fully saturated rings. The molecule has 0 saturated heterocycles. The van der Waals surface area contributed by atoms with Crippen molar-refractivity contribution in [2.24, 2.45) is 0 Å². The van der Waals surface area contributed by atoms with E-state index in [0.717, 1.165) is 16.0 Å². The number of aromatic nitrogens is 3. The molecule has 0 aliphatic carbocycles. The molecule has 136 valence electrons. The molecular weight excluding hydrogens is 367 g/mol. The maximum atomic E-state index is 14.0. The minimum absolute atomic E-state index is 0.0242. The Balaban J connectivity index is 2.24. The molecule has 1 aromatic carbocycles. The second kappa shape index (κ2) is 6.26. The number of anilines is 1. The highest BCUT2D eigenvalue weighted by molar-refractivity contribution is 7.18. The van der Waals surface area contributed by atoms with Gasteiger partial charge in [0.1, 0.15) is 10.8 Å². The molecule has 0 spiro atoms. The van der Waals surface area contributed by atoms with Crippen molar-refractivity contribution in [1.29, 1.82) is 5.26 Å². The van der Waals surface area contributed by atoms with Crippen molar-refractivity contribution in [2.75, 3.05) is 5.73 Å². The van der Waals surface area contributed by atoms with Crippen molar-refractivity contribution in [2.45, 2.75) is 31.7 Å². The molecule has 1 atom stereocenters. The molecular formula is C16H14F3N5OS. The molecule has 3 N–H and O–H groups in total. The highest BCUT2D eigenvalue weighted by atomic mass is 32.1. The summed E-state index contributed by atoms with van der Waals surface area (Å²) in [5.41, 5.74) is 2.20. The number of fused-ring (bicyclic) bond motifs is 1.